The minimum atomic E-state index is -1.33. The molecule has 38 heavy (non-hydrogen) atoms. The van der Waals surface area contributed by atoms with Crippen molar-refractivity contribution in [2.75, 3.05) is 18.5 Å². The molecule has 0 fully saturated rings. The van der Waals surface area contributed by atoms with Crippen LogP contribution in [0.2, 0.25) is 0 Å². The lowest BCUT2D eigenvalue weighted by Gasteiger charge is -2.06. The summed E-state index contributed by atoms with van der Waals surface area (Å²) in [5.41, 5.74) is -0.560. The summed E-state index contributed by atoms with van der Waals surface area (Å²) in [6, 6.07) is 6.29. The number of aromatic nitrogens is 1. The summed E-state index contributed by atoms with van der Waals surface area (Å²) in [5, 5.41) is 13.0. The van der Waals surface area contributed by atoms with Crippen LogP contribution in [0.15, 0.2) is 41.3 Å². The number of aliphatic carboxylic acids is 1. The van der Waals surface area contributed by atoms with Gasteiger partial charge >= 0.3 is 5.97 Å². The number of halogens is 3. The smallest absolute Gasteiger partial charge is 0.331 e. The van der Waals surface area contributed by atoms with Crippen LogP contribution in [-0.4, -0.2) is 35.2 Å². The molecule has 3 rings (SSSR count). The molecule has 1 amide bonds. The maximum atomic E-state index is 15.0. The first-order valence-corrected chi connectivity index (χ1v) is 12.6. The second-order valence-corrected chi connectivity index (χ2v) is 9.06. The van der Waals surface area contributed by atoms with Crippen LogP contribution < -0.4 is 5.32 Å². The third kappa shape index (κ3) is 7.54. The molecule has 0 atom stereocenters. The van der Waals surface area contributed by atoms with E-state index in [1.54, 1.807) is 6.07 Å². The molecular formula is C28H25F3N2O4S. The SMILES string of the molecule is CCCCCOCC#Cc1cccc(-c2csc(NC(=O)c3cc(F)c(/C=C(\C)C(=O)O)c(F)c3)n2)c1F. The highest BCUT2D eigenvalue weighted by atomic mass is 32.1. The Balaban J connectivity index is 1.72. The fraction of sp³-hybridized carbons (Fsp3) is 0.250. The lowest BCUT2D eigenvalue weighted by atomic mass is 10.1. The predicted molar refractivity (Wildman–Crippen MR) is 140 cm³/mol. The number of ether oxygens (including phenoxy) is 1. The number of nitrogens with zero attached hydrogens (tertiary/aromatic N) is 1. The number of carbonyl (C=O) groups excluding carboxylic acids is 1. The number of hydrogen-bond donors (Lipinski definition) is 2. The zero-order valence-electron chi connectivity index (χ0n) is 20.7. The Bertz CT molecular complexity index is 1400. The quantitative estimate of drug-likeness (QED) is 0.173. The Labute approximate surface area is 222 Å². The van der Waals surface area contributed by atoms with Crippen LogP contribution in [0.3, 0.4) is 0 Å². The lowest BCUT2D eigenvalue weighted by Crippen LogP contribution is -2.13. The molecule has 0 spiro atoms. The number of hydrogen-bond acceptors (Lipinski definition) is 5. The largest absolute Gasteiger partial charge is 0.478 e. The van der Waals surface area contributed by atoms with Crippen molar-refractivity contribution in [1.82, 2.24) is 4.98 Å². The van der Waals surface area contributed by atoms with Crippen LogP contribution in [0.1, 0.15) is 54.6 Å². The lowest BCUT2D eigenvalue weighted by molar-refractivity contribution is -0.132. The second kappa shape index (κ2) is 13.6. The van der Waals surface area contributed by atoms with Gasteiger partial charge in [0.15, 0.2) is 5.13 Å². The summed E-state index contributed by atoms with van der Waals surface area (Å²) in [4.78, 5) is 27.7. The van der Waals surface area contributed by atoms with Crippen LogP contribution in [0.4, 0.5) is 18.3 Å². The van der Waals surface area contributed by atoms with E-state index in [4.69, 9.17) is 9.84 Å². The highest BCUT2D eigenvalue weighted by Crippen LogP contribution is 2.29. The molecule has 2 aromatic carbocycles. The average molecular weight is 543 g/mol. The molecule has 6 nitrogen and oxygen atoms in total. The molecule has 1 aromatic heterocycles. The normalized spacial score (nSPS) is 11.1. The molecule has 0 saturated heterocycles. The summed E-state index contributed by atoms with van der Waals surface area (Å²) >= 11 is 1.01. The van der Waals surface area contributed by atoms with Crippen LogP contribution in [0.25, 0.3) is 17.3 Å². The van der Waals surface area contributed by atoms with E-state index in [-0.39, 0.29) is 39.7 Å². The summed E-state index contributed by atoms with van der Waals surface area (Å²) < 4.78 is 49.2. The number of carboxylic acid groups (broad SMARTS) is 1. The third-order valence-corrected chi connectivity index (χ3v) is 6.09. The monoisotopic (exact) mass is 542 g/mol. The first-order chi connectivity index (χ1) is 18.2. The molecule has 0 aliphatic heterocycles. The number of benzene rings is 2. The van der Waals surface area contributed by atoms with Crippen molar-refractivity contribution in [2.45, 2.75) is 33.1 Å². The van der Waals surface area contributed by atoms with Crippen molar-refractivity contribution in [1.29, 1.82) is 0 Å². The Hall–Kier alpha value is -3.94. The van der Waals surface area contributed by atoms with Crippen molar-refractivity contribution in [3.8, 4) is 23.1 Å². The molecule has 0 aliphatic rings. The molecule has 2 N–H and O–H groups in total. The molecule has 0 aliphatic carbocycles. The summed E-state index contributed by atoms with van der Waals surface area (Å²) in [6.45, 7) is 4.08. The second-order valence-electron chi connectivity index (χ2n) is 8.21. The van der Waals surface area contributed by atoms with Crippen LogP contribution in [-0.2, 0) is 9.53 Å². The number of carboxylic acids is 1. The Morgan fingerprint density at radius 2 is 1.92 bits per heavy atom. The topological polar surface area (TPSA) is 88.5 Å². The average Bonchev–Trinajstić information content (AvgIpc) is 3.34. The fourth-order valence-electron chi connectivity index (χ4n) is 3.29. The van der Waals surface area contributed by atoms with E-state index < -0.39 is 34.9 Å². The van der Waals surface area contributed by atoms with Gasteiger partial charge in [0.1, 0.15) is 24.1 Å². The molecule has 0 bridgehead atoms. The van der Waals surface area contributed by atoms with E-state index in [0.717, 1.165) is 48.8 Å². The van der Waals surface area contributed by atoms with E-state index in [9.17, 15) is 18.4 Å². The van der Waals surface area contributed by atoms with Gasteiger partial charge in [-0.2, -0.15) is 0 Å². The molecule has 3 aromatic rings. The Kier molecular flexibility index (Phi) is 10.2. The minimum absolute atomic E-state index is 0.0906. The zero-order valence-corrected chi connectivity index (χ0v) is 21.6. The number of anilines is 1. The highest BCUT2D eigenvalue weighted by Gasteiger charge is 2.18. The molecule has 198 valence electrons. The molecule has 0 unspecified atom stereocenters. The van der Waals surface area contributed by atoms with Gasteiger partial charge in [0, 0.05) is 34.3 Å². The van der Waals surface area contributed by atoms with Crippen molar-refractivity contribution in [3.05, 3.63) is 75.4 Å². The maximum Gasteiger partial charge on any atom is 0.331 e. The first-order valence-electron chi connectivity index (χ1n) is 11.7. The molecule has 0 saturated carbocycles. The summed E-state index contributed by atoms with van der Waals surface area (Å²) in [6.07, 6.45) is 3.96. The third-order valence-electron chi connectivity index (χ3n) is 5.33. The summed E-state index contributed by atoms with van der Waals surface area (Å²) in [5.74, 6) is 0.622. The van der Waals surface area contributed by atoms with Gasteiger partial charge in [0.2, 0.25) is 0 Å². The van der Waals surface area contributed by atoms with E-state index in [2.05, 4.69) is 29.1 Å². The fourth-order valence-corrected chi connectivity index (χ4v) is 4.00. The van der Waals surface area contributed by atoms with E-state index >= 15 is 4.39 Å². The van der Waals surface area contributed by atoms with Gasteiger partial charge in [0.05, 0.1) is 11.3 Å². The van der Waals surface area contributed by atoms with Gasteiger partial charge in [0.25, 0.3) is 5.91 Å². The van der Waals surface area contributed by atoms with Crippen LogP contribution in [0.5, 0.6) is 0 Å². The molecular weight excluding hydrogens is 517 g/mol. The molecule has 10 heteroatoms. The van der Waals surface area contributed by atoms with E-state index in [1.807, 2.05) is 0 Å². The number of amides is 1. The van der Waals surface area contributed by atoms with Gasteiger partial charge in [-0.15, -0.1) is 11.3 Å². The number of nitrogens with one attached hydrogen (secondary N) is 1. The van der Waals surface area contributed by atoms with Crippen molar-refractivity contribution >= 4 is 34.4 Å². The van der Waals surface area contributed by atoms with Crippen molar-refractivity contribution in [3.63, 3.8) is 0 Å². The van der Waals surface area contributed by atoms with Crippen molar-refractivity contribution < 1.29 is 32.6 Å². The van der Waals surface area contributed by atoms with Gasteiger partial charge in [-0.25, -0.2) is 22.9 Å². The van der Waals surface area contributed by atoms with Gasteiger partial charge in [-0.05, 0) is 43.7 Å². The Morgan fingerprint density at radius 1 is 1.18 bits per heavy atom. The van der Waals surface area contributed by atoms with Gasteiger partial charge < -0.3 is 9.84 Å². The van der Waals surface area contributed by atoms with E-state index in [1.165, 1.54) is 24.4 Å². The summed E-state index contributed by atoms with van der Waals surface area (Å²) in [7, 11) is 0. The minimum Gasteiger partial charge on any atom is -0.478 e. The number of rotatable bonds is 10. The zero-order chi connectivity index (χ0) is 27.7. The van der Waals surface area contributed by atoms with Gasteiger partial charge in [-0.3, -0.25) is 10.1 Å². The number of unbranched alkanes of at least 4 members (excludes halogenated alkanes) is 2. The number of thiazole rings is 1. The standard InChI is InChI=1S/C28H25F3N2O4S/c1-3-4-5-11-37-12-7-9-18-8-6-10-20(25(18)31)24-16-38-28(32-24)33-26(34)19-14-22(29)21(23(30)15-19)13-17(2)27(35)36/h6,8,10,13-16H,3-5,11-12H2,1-2H3,(H,35,36)(H,32,33,34)/b17-13+. The first kappa shape index (κ1) is 28.6. The number of carbonyl (C=O) groups is 2. The van der Waals surface area contributed by atoms with Gasteiger partial charge in [-0.1, -0.05) is 37.7 Å². The Morgan fingerprint density at radius 3 is 2.61 bits per heavy atom. The molecule has 1 heterocycles. The maximum absolute atomic E-state index is 15.0. The molecule has 0 radical (unpaired) electrons. The van der Waals surface area contributed by atoms with Crippen LogP contribution >= 0.6 is 11.3 Å². The highest BCUT2D eigenvalue weighted by molar-refractivity contribution is 7.14. The van der Waals surface area contributed by atoms with Crippen LogP contribution in [0, 0.1) is 29.3 Å². The predicted octanol–water partition coefficient (Wildman–Crippen LogP) is 6.53. The van der Waals surface area contributed by atoms with E-state index in [0.29, 0.717) is 6.61 Å². The van der Waals surface area contributed by atoms with Crippen molar-refractivity contribution in [2.24, 2.45) is 0 Å².